The summed E-state index contributed by atoms with van der Waals surface area (Å²) < 4.78 is 7.63. The fourth-order valence-electron chi connectivity index (χ4n) is 1.14. The first kappa shape index (κ1) is 14.4. The predicted octanol–water partition coefficient (Wildman–Crippen LogP) is 2.98. The van der Waals surface area contributed by atoms with E-state index in [2.05, 4.69) is 75.5 Å². The number of halogens is 2. The molecule has 6 heteroatoms. The first-order valence-corrected chi connectivity index (χ1v) is 7.83. The van der Waals surface area contributed by atoms with Gasteiger partial charge < -0.3 is 0 Å². The van der Waals surface area contributed by atoms with Crippen LogP contribution in [0.3, 0.4) is 0 Å². The van der Waals surface area contributed by atoms with Crippen molar-refractivity contribution in [3.05, 3.63) is 16.2 Å². The van der Waals surface area contributed by atoms with Gasteiger partial charge >= 0.3 is 58.8 Å². The largest absolute Gasteiger partial charge is 0.185 e. The molecule has 1 aromatic heterocycles. The van der Waals surface area contributed by atoms with Crippen molar-refractivity contribution in [1.29, 1.82) is 0 Å². The Balaban J connectivity index is 0.000000151. The second kappa shape index (κ2) is 6.91. The van der Waals surface area contributed by atoms with Gasteiger partial charge in [0.1, 0.15) is 0 Å². The minimum atomic E-state index is 0.890. The number of nitrogens with zero attached hydrogens (tertiary/aromatic N) is 3. The van der Waals surface area contributed by atoms with Gasteiger partial charge in [-0.3, -0.25) is 0 Å². The van der Waals surface area contributed by atoms with Crippen molar-refractivity contribution in [3.63, 3.8) is 0 Å². The Bertz CT molecular complexity index is 332. The van der Waals surface area contributed by atoms with Crippen molar-refractivity contribution in [1.82, 2.24) is 10.5 Å². The molecule has 0 bridgehead atoms. The fourth-order valence-corrected chi connectivity index (χ4v) is 2.60. The SMILES string of the molecule is Cn1ccn(C)[c]1=[Pt].IN(I)C1CCC1. The van der Waals surface area contributed by atoms with Gasteiger partial charge in [-0.2, -0.15) is 1.33 Å². The third-order valence-electron chi connectivity index (χ3n) is 2.40. The van der Waals surface area contributed by atoms with E-state index in [1.807, 2.05) is 26.5 Å². The third-order valence-corrected chi connectivity index (χ3v) is 5.58. The van der Waals surface area contributed by atoms with Gasteiger partial charge in [-0.05, 0) is 12.8 Å². The van der Waals surface area contributed by atoms with Crippen LogP contribution in [0.15, 0.2) is 12.4 Å². The summed E-state index contributed by atoms with van der Waals surface area (Å²) in [4.78, 5) is 0. The molecule has 1 saturated carbocycles. The second-order valence-electron chi connectivity index (χ2n) is 3.61. The summed E-state index contributed by atoms with van der Waals surface area (Å²) in [5.41, 5.74) is 0. The summed E-state index contributed by atoms with van der Waals surface area (Å²) in [6.07, 6.45) is 8.32. The standard InChI is InChI=1S/C5H8N2.C4H7I2N.Pt/c1-6-3-4-7(2)5-6;5-7(6)4-2-1-3-4;/h3-4H,1-2H3;4H,1-3H2;. The minimum absolute atomic E-state index is 0.890. The number of hydrogen-bond donors (Lipinski definition) is 0. The van der Waals surface area contributed by atoms with Crippen molar-refractivity contribution >= 4 is 45.7 Å². The van der Waals surface area contributed by atoms with Crippen molar-refractivity contribution in [3.8, 4) is 0 Å². The fraction of sp³-hybridized carbons (Fsp3) is 0.667. The number of aromatic nitrogens is 2. The molecule has 0 spiro atoms. The van der Waals surface area contributed by atoms with Crippen LogP contribution >= 0.6 is 45.7 Å². The molecule has 1 aliphatic carbocycles. The second-order valence-corrected chi connectivity index (χ2v) is 8.55. The van der Waals surface area contributed by atoms with Gasteiger partial charge in [-0.25, -0.2) is 0 Å². The van der Waals surface area contributed by atoms with E-state index < -0.39 is 0 Å². The van der Waals surface area contributed by atoms with E-state index in [-0.39, 0.29) is 0 Å². The van der Waals surface area contributed by atoms with Gasteiger partial charge in [-0.1, -0.05) is 6.42 Å². The molecule has 0 amide bonds. The Labute approximate surface area is 130 Å². The van der Waals surface area contributed by atoms with Crippen LogP contribution in [0.2, 0.25) is 0 Å². The van der Waals surface area contributed by atoms with Gasteiger partial charge in [0.05, 0.1) is 0 Å². The summed E-state index contributed by atoms with van der Waals surface area (Å²) in [7, 11) is 4.06. The van der Waals surface area contributed by atoms with E-state index in [1.54, 1.807) is 0 Å². The smallest absolute Gasteiger partial charge is 0.0311 e. The Morgan fingerprint density at radius 1 is 1.27 bits per heavy atom. The van der Waals surface area contributed by atoms with Crippen molar-refractivity contribution < 1.29 is 19.4 Å². The molecule has 0 aliphatic heterocycles. The van der Waals surface area contributed by atoms with E-state index in [0.29, 0.717) is 0 Å². The van der Waals surface area contributed by atoms with E-state index in [4.69, 9.17) is 0 Å². The predicted molar refractivity (Wildman–Crippen MR) is 75.1 cm³/mol. The van der Waals surface area contributed by atoms with E-state index in [9.17, 15) is 0 Å². The average Bonchev–Trinajstić information content (AvgIpc) is 2.33. The molecule has 1 heterocycles. The van der Waals surface area contributed by atoms with Crippen molar-refractivity contribution in [2.75, 3.05) is 0 Å². The van der Waals surface area contributed by atoms with Crippen LogP contribution in [-0.2, 0) is 33.4 Å². The average molecular weight is 614 g/mol. The number of hydrogen-bond acceptors (Lipinski definition) is 1. The van der Waals surface area contributed by atoms with Crippen molar-refractivity contribution in [2.24, 2.45) is 14.1 Å². The maximum atomic E-state index is 2.34. The zero-order valence-electron chi connectivity index (χ0n) is 8.77. The van der Waals surface area contributed by atoms with Crippen LogP contribution in [0.1, 0.15) is 19.3 Å². The molecule has 1 fully saturated rings. The van der Waals surface area contributed by atoms with Crippen LogP contribution in [-0.4, -0.2) is 16.5 Å². The number of imidazole rings is 1. The van der Waals surface area contributed by atoms with Gasteiger partial charge in [-0.15, -0.1) is 0 Å². The molecule has 1 aromatic rings. The first-order valence-electron chi connectivity index (χ1n) is 4.76. The molecular weight excluding hydrogens is 599 g/mol. The molecule has 0 atom stereocenters. The minimum Gasteiger partial charge on any atom is -0.185 e. The molecule has 0 radical (unpaired) electrons. The zero-order valence-corrected chi connectivity index (χ0v) is 15.4. The molecule has 15 heavy (non-hydrogen) atoms. The molecule has 3 nitrogen and oxygen atoms in total. The summed E-state index contributed by atoms with van der Waals surface area (Å²) in [6, 6.07) is 0.890. The Hall–Kier alpha value is 1.32. The van der Waals surface area contributed by atoms with E-state index >= 15 is 0 Å². The Kier molecular flexibility index (Phi) is 6.62. The summed E-state index contributed by atoms with van der Waals surface area (Å²) in [5, 5.41) is 0. The zero-order chi connectivity index (χ0) is 11.4. The number of rotatable bonds is 1. The van der Waals surface area contributed by atoms with Crippen LogP contribution in [0.25, 0.3) is 0 Å². The normalized spacial score (nSPS) is 15.9. The molecule has 0 aromatic carbocycles. The van der Waals surface area contributed by atoms with E-state index in [0.717, 1.165) is 6.04 Å². The molecular formula is C9H15I2N3Pt. The van der Waals surface area contributed by atoms with Gasteiger partial charge in [0.2, 0.25) is 0 Å². The molecule has 0 unspecified atom stereocenters. The van der Waals surface area contributed by atoms with Crippen molar-refractivity contribution in [2.45, 2.75) is 25.3 Å². The van der Waals surface area contributed by atoms with Crippen LogP contribution in [0.5, 0.6) is 0 Å². The van der Waals surface area contributed by atoms with Crippen LogP contribution in [0.4, 0.5) is 0 Å². The summed E-state index contributed by atoms with van der Waals surface area (Å²) in [5.74, 6) is 0. The van der Waals surface area contributed by atoms with Crippen LogP contribution in [0, 0.1) is 3.80 Å². The number of aryl methyl sites for hydroxylation is 2. The summed E-state index contributed by atoms with van der Waals surface area (Å²) in [6.45, 7) is 0. The maximum Gasteiger partial charge on any atom is 0.0311 e. The molecule has 0 saturated heterocycles. The van der Waals surface area contributed by atoms with Gasteiger partial charge in [0.25, 0.3) is 0 Å². The van der Waals surface area contributed by atoms with Gasteiger partial charge in [0.15, 0.2) is 0 Å². The third kappa shape index (κ3) is 4.59. The molecule has 2 rings (SSSR count). The van der Waals surface area contributed by atoms with Gasteiger partial charge in [0, 0.05) is 51.8 Å². The first-order chi connectivity index (χ1) is 7.02. The maximum absolute atomic E-state index is 2.34. The molecule has 90 valence electrons. The van der Waals surface area contributed by atoms with Crippen LogP contribution < -0.4 is 0 Å². The van der Waals surface area contributed by atoms with E-state index in [1.165, 1.54) is 23.1 Å². The Morgan fingerprint density at radius 3 is 1.80 bits per heavy atom. The summed E-state index contributed by atoms with van der Waals surface area (Å²) >= 11 is 6.95. The molecule has 0 N–H and O–H groups in total. The Morgan fingerprint density at radius 2 is 1.73 bits per heavy atom. The topological polar surface area (TPSA) is 13.1 Å². The molecule has 1 aliphatic rings. The monoisotopic (exact) mass is 614 g/mol. The quantitative estimate of drug-likeness (QED) is 0.351.